The number of imidazole rings is 1. The highest BCUT2D eigenvalue weighted by Gasteiger charge is 2.24. The maximum absolute atomic E-state index is 13.6. The number of Topliss-reactive ketones (excluding diaryl/α,β-unsaturated/α-hetero) is 1. The minimum Gasteiger partial charge on any atom is -0.340 e. The standard InChI is InChI=1S/C23H29N7O4/c1-15(2)8-11-29-19-20(25-22(29)28-12-9-24-10-13-28)27(3)23(33)30(21(19)32)14-18(31)16-4-6-17(26-34)7-5-16/h4-8,24,26,34H,9-14H2,1-3H3. The summed E-state index contributed by atoms with van der Waals surface area (Å²) in [4.78, 5) is 46.3. The van der Waals surface area contributed by atoms with Gasteiger partial charge in [0.15, 0.2) is 16.9 Å². The van der Waals surface area contributed by atoms with Crippen LogP contribution in [0.4, 0.5) is 11.6 Å². The Morgan fingerprint density at radius 2 is 1.82 bits per heavy atom. The summed E-state index contributed by atoms with van der Waals surface area (Å²) in [6.45, 7) is 7.05. The second-order valence-electron chi connectivity index (χ2n) is 8.56. The number of aromatic nitrogens is 4. The van der Waals surface area contributed by atoms with Gasteiger partial charge in [-0.2, -0.15) is 4.98 Å². The number of carbonyl (C=O) groups excluding carboxylic acids is 1. The molecular formula is C23H29N7O4. The van der Waals surface area contributed by atoms with Crippen LogP contribution < -0.4 is 26.9 Å². The Bertz CT molecular complexity index is 1360. The van der Waals surface area contributed by atoms with Gasteiger partial charge in [-0.25, -0.2) is 4.79 Å². The number of aryl methyl sites for hydroxylation is 1. The molecule has 1 saturated heterocycles. The summed E-state index contributed by atoms with van der Waals surface area (Å²) in [6.07, 6.45) is 2.00. The average molecular weight is 468 g/mol. The first-order valence-electron chi connectivity index (χ1n) is 11.1. The number of fused-ring (bicyclic) bond motifs is 1. The molecule has 0 unspecified atom stereocenters. The predicted molar refractivity (Wildman–Crippen MR) is 130 cm³/mol. The van der Waals surface area contributed by atoms with Crippen molar-refractivity contribution in [2.75, 3.05) is 36.6 Å². The van der Waals surface area contributed by atoms with Crippen LogP contribution in [0.2, 0.25) is 0 Å². The number of allylic oxidation sites excluding steroid dienone is 2. The molecule has 34 heavy (non-hydrogen) atoms. The van der Waals surface area contributed by atoms with Gasteiger partial charge in [-0.1, -0.05) is 11.6 Å². The van der Waals surface area contributed by atoms with Gasteiger partial charge in [0, 0.05) is 45.3 Å². The maximum Gasteiger partial charge on any atom is 0.332 e. The van der Waals surface area contributed by atoms with E-state index in [2.05, 4.69) is 10.2 Å². The lowest BCUT2D eigenvalue weighted by Crippen LogP contribution is -2.44. The van der Waals surface area contributed by atoms with Gasteiger partial charge >= 0.3 is 5.69 Å². The second kappa shape index (κ2) is 9.65. The Labute approximate surface area is 195 Å². The number of benzene rings is 1. The Morgan fingerprint density at radius 3 is 2.44 bits per heavy atom. The summed E-state index contributed by atoms with van der Waals surface area (Å²) in [7, 11) is 1.56. The third kappa shape index (κ3) is 4.39. The molecular weight excluding hydrogens is 438 g/mol. The molecule has 0 atom stereocenters. The summed E-state index contributed by atoms with van der Waals surface area (Å²) < 4.78 is 4.12. The molecule has 1 aliphatic rings. The van der Waals surface area contributed by atoms with Crippen LogP contribution in [0.5, 0.6) is 0 Å². The lowest BCUT2D eigenvalue weighted by molar-refractivity contribution is 0.0969. The number of hydrogen-bond acceptors (Lipinski definition) is 8. The molecule has 0 amide bonds. The van der Waals surface area contributed by atoms with Crippen molar-refractivity contribution in [2.24, 2.45) is 7.05 Å². The molecule has 11 heteroatoms. The van der Waals surface area contributed by atoms with Crippen molar-refractivity contribution in [3.8, 4) is 0 Å². The fraction of sp³-hybridized carbons (Fsp3) is 0.391. The average Bonchev–Trinajstić information content (AvgIpc) is 3.24. The molecule has 1 aromatic carbocycles. The minimum atomic E-state index is -0.599. The molecule has 0 aliphatic carbocycles. The van der Waals surface area contributed by atoms with Crippen molar-refractivity contribution >= 4 is 28.6 Å². The highest BCUT2D eigenvalue weighted by atomic mass is 16.5. The van der Waals surface area contributed by atoms with Gasteiger partial charge in [0.25, 0.3) is 5.56 Å². The summed E-state index contributed by atoms with van der Waals surface area (Å²) in [5, 5.41) is 12.3. The van der Waals surface area contributed by atoms with Crippen LogP contribution in [0, 0.1) is 0 Å². The number of hydrogen-bond donors (Lipinski definition) is 3. The zero-order valence-electron chi connectivity index (χ0n) is 19.5. The molecule has 0 spiro atoms. The van der Waals surface area contributed by atoms with Crippen molar-refractivity contribution < 1.29 is 10.0 Å². The first kappa shape index (κ1) is 23.5. The van der Waals surface area contributed by atoms with Crippen molar-refractivity contribution in [1.29, 1.82) is 0 Å². The van der Waals surface area contributed by atoms with Crippen LogP contribution in [0.1, 0.15) is 24.2 Å². The number of piperazine rings is 1. The summed E-state index contributed by atoms with van der Waals surface area (Å²) >= 11 is 0. The topological polar surface area (TPSA) is 126 Å². The Kier molecular flexibility index (Phi) is 6.66. The fourth-order valence-corrected chi connectivity index (χ4v) is 4.02. The molecule has 11 nitrogen and oxygen atoms in total. The second-order valence-corrected chi connectivity index (χ2v) is 8.56. The van der Waals surface area contributed by atoms with Gasteiger partial charge in [-0.05, 0) is 38.1 Å². The number of anilines is 2. The smallest absolute Gasteiger partial charge is 0.332 e. The molecule has 180 valence electrons. The molecule has 1 fully saturated rings. The van der Waals surface area contributed by atoms with E-state index >= 15 is 0 Å². The Hall–Kier alpha value is -3.70. The van der Waals surface area contributed by atoms with E-state index in [-0.39, 0.29) is 5.78 Å². The van der Waals surface area contributed by atoms with Crippen molar-refractivity contribution in [1.82, 2.24) is 24.0 Å². The van der Waals surface area contributed by atoms with Gasteiger partial charge in [-0.15, -0.1) is 0 Å². The molecule has 3 N–H and O–H groups in total. The molecule has 0 saturated carbocycles. The van der Waals surface area contributed by atoms with Crippen LogP contribution in [0.25, 0.3) is 11.2 Å². The van der Waals surface area contributed by atoms with Gasteiger partial charge < -0.3 is 14.8 Å². The van der Waals surface area contributed by atoms with E-state index in [1.165, 1.54) is 28.8 Å². The van der Waals surface area contributed by atoms with Gasteiger partial charge in [0.1, 0.15) is 0 Å². The minimum absolute atomic E-state index is 0.292. The number of nitrogens with zero attached hydrogens (tertiary/aromatic N) is 5. The van der Waals surface area contributed by atoms with E-state index in [9.17, 15) is 14.4 Å². The van der Waals surface area contributed by atoms with Gasteiger partial charge in [0.2, 0.25) is 5.95 Å². The SMILES string of the molecule is CC(C)=CCn1c(N2CCNCC2)nc2c1c(=O)n(CC(=O)c1ccc(NO)cc1)c(=O)n2C. The number of carbonyl (C=O) groups is 1. The Balaban J connectivity index is 1.84. The van der Waals surface area contributed by atoms with E-state index < -0.39 is 17.8 Å². The number of nitrogens with one attached hydrogen (secondary N) is 2. The zero-order valence-corrected chi connectivity index (χ0v) is 19.5. The van der Waals surface area contributed by atoms with E-state index in [0.29, 0.717) is 34.9 Å². The molecule has 2 aromatic heterocycles. The molecule has 3 aromatic rings. The zero-order chi connectivity index (χ0) is 24.4. The number of rotatable bonds is 7. The third-order valence-electron chi connectivity index (χ3n) is 5.93. The van der Waals surface area contributed by atoms with Crippen molar-refractivity contribution in [3.05, 3.63) is 62.3 Å². The van der Waals surface area contributed by atoms with Crippen LogP contribution in [-0.2, 0) is 20.1 Å². The largest absolute Gasteiger partial charge is 0.340 e. The van der Waals surface area contributed by atoms with Crippen LogP contribution in [-0.4, -0.2) is 55.9 Å². The molecule has 1 aliphatic heterocycles. The maximum atomic E-state index is 13.6. The highest BCUT2D eigenvalue weighted by Crippen LogP contribution is 2.21. The molecule has 3 heterocycles. The quantitative estimate of drug-likeness (QED) is 0.266. The summed E-state index contributed by atoms with van der Waals surface area (Å²) in [5.74, 6) is 0.248. The fourth-order valence-electron chi connectivity index (χ4n) is 4.02. The first-order valence-corrected chi connectivity index (χ1v) is 11.1. The lowest BCUT2D eigenvalue weighted by Gasteiger charge is -2.28. The summed E-state index contributed by atoms with van der Waals surface area (Å²) in [5.41, 5.74) is 3.29. The third-order valence-corrected chi connectivity index (χ3v) is 5.93. The first-order chi connectivity index (χ1) is 16.3. The van der Waals surface area contributed by atoms with Crippen LogP contribution >= 0.6 is 0 Å². The lowest BCUT2D eigenvalue weighted by atomic mass is 10.1. The van der Waals surface area contributed by atoms with E-state index in [1.54, 1.807) is 7.05 Å². The molecule has 0 radical (unpaired) electrons. The van der Waals surface area contributed by atoms with Crippen molar-refractivity contribution in [3.63, 3.8) is 0 Å². The highest BCUT2D eigenvalue weighted by molar-refractivity contribution is 5.96. The normalized spacial score (nSPS) is 13.8. The predicted octanol–water partition coefficient (Wildman–Crippen LogP) is 0.957. The van der Waals surface area contributed by atoms with Gasteiger partial charge in [0.05, 0.1) is 12.2 Å². The van der Waals surface area contributed by atoms with E-state index in [0.717, 1.165) is 36.3 Å². The number of ketones is 1. The molecule has 4 rings (SSSR count). The van der Waals surface area contributed by atoms with E-state index in [4.69, 9.17) is 10.2 Å². The van der Waals surface area contributed by atoms with Gasteiger partial charge in [-0.3, -0.25) is 29.4 Å². The Morgan fingerprint density at radius 1 is 1.15 bits per heavy atom. The molecule has 0 bridgehead atoms. The van der Waals surface area contributed by atoms with Crippen LogP contribution in [0.3, 0.4) is 0 Å². The summed E-state index contributed by atoms with van der Waals surface area (Å²) in [6, 6.07) is 6.12. The van der Waals surface area contributed by atoms with Crippen LogP contribution in [0.15, 0.2) is 45.5 Å². The van der Waals surface area contributed by atoms with E-state index in [1.807, 2.05) is 30.0 Å². The monoisotopic (exact) mass is 467 g/mol. The van der Waals surface area contributed by atoms with Crippen molar-refractivity contribution in [2.45, 2.75) is 26.9 Å².